The Hall–Kier alpha value is -1.78. The number of anilines is 1. The van der Waals surface area contributed by atoms with Crippen molar-refractivity contribution in [2.24, 2.45) is 0 Å². The van der Waals surface area contributed by atoms with Crippen LogP contribution in [0, 0.1) is 6.92 Å². The Morgan fingerprint density at radius 1 is 1.30 bits per heavy atom. The van der Waals surface area contributed by atoms with E-state index < -0.39 is 0 Å². The number of methoxy groups -OCH3 is 1. The smallest absolute Gasteiger partial charge is 0.259 e. The Morgan fingerprint density at radius 2 is 2.05 bits per heavy atom. The number of carbonyl (C=O) groups excluding carboxylic acids is 1. The maximum atomic E-state index is 12.2. The summed E-state index contributed by atoms with van der Waals surface area (Å²) in [7, 11) is 1.48. The van der Waals surface area contributed by atoms with Gasteiger partial charge >= 0.3 is 0 Å². The Bertz CT molecular complexity index is 660. The Labute approximate surface area is 126 Å². The first kappa shape index (κ1) is 14.6. The third kappa shape index (κ3) is 3.21. The van der Waals surface area contributed by atoms with Crippen molar-refractivity contribution in [1.82, 2.24) is 4.98 Å². The van der Waals surface area contributed by atoms with E-state index in [0.717, 1.165) is 5.56 Å². The van der Waals surface area contributed by atoms with Crippen molar-refractivity contribution < 1.29 is 9.53 Å². The number of pyridine rings is 1. The molecule has 0 aliphatic heterocycles. The summed E-state index contributed by atoms with van der Waals surface area (Å²) >= 11 is 11.8. The van der Waals surface area contributed by atoms with Gasteiger partial charge in [-0.15, -0.1) is 0 Å². The van der Waals surface area contributed by atoms with Crippen LogP contribution in [0.2, 0.25) is 10.2 Å². The summed E-state index contributed by atoms with van der Waals surface area (Å²) in [6.45, 7) is 1.86. The summed E-state index contributed by atoms with van der Waals surface area (Å²) in [6.07, 6.45) is 1.63. The predicted molar refractivity (Wildman–Crippen MR) is 79.9 cm³/mol. The fraction of sp³-hybridized carbons (Fsp3) is 0.143. The number of aromatic nitrogens is 1. The number of halogens is 2. The highest BCUT2D eigenvalue weighted by Crippen LogP contribution is 2.26. The van der Waals surface area contributed by atoms with E-state index in [9.17, 15) is 4.79 Å². The normalized spacial score (nSPS) is 10.2. The van der Waals surface area contributed by atoms with Gasteiger partial charge in [0, 0.05) is 11.2 Å². The van der Waals surface area contributed by atoms with Crippen LogP contribution in [0.5, 0.6) is 5.75 Å². The van der Waals surface area contributed by atoms with E-state index in [4.69, 9.17) is 27.9 Å². The monoisotopic (exact) mass is 310 g/mol. The molecule has 0 unspecified atom stereocenters. The molecule has 1 heterocycles. The molecular formula is C14H12Cl2N2O2. The van der Waals surface area contributed by atoms with Crippen LogP contribution in [-0.2, 0) is 0 Å². The van der Waals surface area contributed by atoms with Gasteiger partial charge in [-0.05, 0) is 36.8 Å². The van der Waals surface area contributed by atoms with Gasteiger partial charge in [0.05, 0.1) is 18.4 Å². The van der Waals surface area contributed by atoms with Crippen LogP contribution in [0.4, 0.5) is 5.69 Å². The summed E-state index contributed by atoms with van der Waals surface area (Å²) < 4.78 is 5.15. The number of benzene rings is 1. The van der Waals surface area contributed by atoms with E-state index in [2.05, 4.69) is 10.3 Å². The van der Waals surface area contributed by atoms with Crippen molar-refractivity contribution in [3.63, 3.8) is 0 Å². The molecule has 1 amide bonds. The third-order valence-electron chi connectivity index (χ3n) is 2.63. The summed E-state index contributed by atoms with van der Waals surface area (Å²) in [6, 6.07) is 6.53. The second kappa shape index (κ2) is 6.11. The zero-order valence-electron chi connectivity index (χ0n) is 10.9. The number of ether oxygens (including phenoxy) is 1. The van der Waals surface area contributed by atoms with Gasteiger partial charge in [0.15, 0.2) is 5.15 Å². The topological polar surface area (TPSA) is 51.2 Å². The molecule has 0 bridgehead atoms. The lowest BCUT2D eigenvalue weighted by atomic mass is 10.2. The zero-order chi connectivity index (χ0) is 14.7. The third-order valence-corrected chi connectivity index (χ3v) is 3.17. The molecule has 0 spiro atoms. The number of carbonyl (C=O) groups is 1. The van der Waals surface area contributed by atoms with Gasteiger partial charge in [-0.3, -0.25) is 4.79 Å². The second-order valence-electron chi connectivity index (χ2n) is 4.15. The largest absolute Gasteiger partial charge is 0.496 e. The first-order chi connectivity index (χ1) is 9.51. The van der Waals surface area contributed by atoms with Gasteiger partial charge < -0.3 is 10.1 Å². The van der Waals surface area contributed by atoms with Crippen LogP contribution in [0.1, 0.15) is 15.9 Å². The molecular weight excluding hydrogens is 299 g/mol. The highest BCUT2D eigenvalue weighted by molar-refractivity contribution is 6.33. The molecule has 0 atom stereocenters. The SMILES string of the molecule is COc1cc(Cl)ccc1C(=O)Nc1cc(C)cnc1Cl. The predicted octanol–water partition coefficient (Wildman–Crippen LogP) is 3.96. The molecule has 2 rings (SSSR count). The first-order valence-electron chi connectivity index (χ1n) is 5.78. The van der Waals surface area contributed by atoms with E-state index in [1.165, 1.54) is 7.11 Å². The summed E-state index contributed by atoms with van der Waals surface area (Å²) in [4.78, 5) is 16.2. The number of rotatable bonds is 3. The van der Waals surface area contributed by atoms with Gasteiger partial charge in [0.1, 0.15) is 5.75 Å². The number of nitrogens with one attached hydrogen (secondary N) is 1. The molecule has 104 valence electrons. The molecule has 4 nitrogen and oxygen atoms in total. The van der Waals surface area contributed by atoms with Crippen LogP contribution in [0.25, 0.3) is 0 Å². The molecule has 0 radical (unpaired) electrons. The summed E-state index contributed by atoms with van der Waals surface area (Å²) in [5.74, 6) is 0.0551. The number of nitrogens with zero attached hydrogens (tertiary/aromatic N) is 1. The molecule has 0 saturated carbocycles. The lowest BCUT2D eigenvalue weighted by molar-refractivity contribution is 0.102. The van der Waals surface area contributed by atoms with Crippen molar-refractivity contribution in [3.05, 3.63) is 51.8 Å². The first-order valence-corrected chi connectivity index (χ1v) is 6.54. The second-order valence-corrected chi connectivity index (χ2v) is 4.94. The Balaban J connectivity index is 2.30. The summed E-state index contributed by atoms with van der Waals surface area (Å²) in [5, 5.41) is 3.43. The average molecular weight is 311 g/mol. The van der Waals surface area contributed by atoms with Crippen LogP contribution in [0.3, 0.4) is 0 Å². The molecule has 1 N–H and O–H groups in total. The fourth-order valence-corrected chi connectivity index (χ4v) is 2.00. The number of amides is 1. The molecule has 0 fully saturated rings. The molecule has 6 heteroatoms. The lowest BCUT2D eigenvalue weighted by Crippen LogP contribution is -2.14. The Kier molecular flexibility index (Phi) is 4.47. The highest BCUT2D eigenvalue weighted by atomic mass is 35.5. The van der Waals surface area contributed by atoms with E-state index in [-0.39, 0.29) is 11.1 Å². The van der Waals surface area contributed by atoms with Gasteiger partial charge in [0.2, 0.25) is 0 Å². The molecule has 0 saturated heterocycles. The number of hydrogen-bond donors (Lipinski definition) is 1. The lowest BCUT2D eigenvalue weighted by Gasteiger charge is -2.10. The van der Waals surface area contributed by atoms with Gasteiger partial charge in [-0.2, -0.15) is 0 Å². The van der Waals surface area contributed by atoms with Gasteiger partial charge in [-0.25, -0.2) is 4.98 Å². The van der Waals surface area contributed by atoms with Gasteiger partial charge in [-0.1, -0.05) is 23.2 Å². The van der Waals surface area contributed by atoms with Crippen molar-refractivity contribution in [3.8, 4) is 5.75 Å². The molecule has 1 aromatic carbocycles. The minimum Gasteiger partial charge on any atom is -0.496 e. The minimum atomic E-state index is -0.340. The average Bonchev–Trinajstić information content (AvgIpc) is 2.42. The van der Waals surface area contributed by atoms with Gasteiger partial charge in [0.25, 0.3) is 5.91 Å². The molecule has 2 aromatic rings. The van der Waals surface area contributed by atoms with E-state index in [0.29, 0.717) is 22.0 Å². The maximum Gasteiger partial charge on any atom is 0.259 e. The number of hydrogen-bond acceptors (Lipinski definition) is 3. The van der Waals surface area contributed by atoms with E-state index in [1.807, 2.05) is 6.92 Å². The highest BCUT2D eigenvalue weighted by Gasteiger charge is 2.14. The van der Waals surface area contributed by atoms with Crippen LogP contribution in [-0.4, -0.2) is 18.0 Å². The molecule has 0 aliphatic carbocycles. The van der Waals surface area contributed by atoms with E-state index in [1.54, 1.807) is 30.5 Å². The molecule has 0 aliphatic rings. The van der Waals surface area contributed by atoms with Crippen LogP contribution >= 0.6 is 23.2 Å². The number of aryl methyl sites for hydroxylation is 1. The van der Waals surface area contributed by atoms with E-state index >= 15 is 0 Å². The standard InChI is InChI=1S/C14H12Cl2N2O2/c1-8-5-11(13(16)17-7-8)18-14(19)10-4-3-9(15)6-12(10)20-2/h3-7H,1-2H3,(H,18,19). The van der Waals surface area contributed by atoms with Crippen molar-refractivity contribution in [2.75, 3.05) is 12.4 Å². The quantitative estimate of drug-likeness (QED) is 0.873. The molecule has 20 heavy (non-hydrogen) atoms. The van der Waals surface area contributed by atoms with Crippen molar-refractivity contribution in [2.45, 2.75) is 6.92 Å². The summed E-state index contributed by atoms with van der Waals surface area (Å²) in [5.41, 5.74) is 1.72. The Morgan fingerprint density at radius 3 is 2.75 bits per heavy atom. The van der Waals surface area contributed by atoms with Crippen LogP contribution < -0.4 is 10.1 Å². The van der Waals surface area contributed by atoms with Crippen LogP contribution in [0.15, 0.2) is 30.5 Å². The zero-order valence-corrected chi connectivity index (χ0v) is 12.4. The minimum absolute atomic E-state index is 0.233. The van der Waals surface area contributed by atoms with Crippen molar-refractivity contribution >= 4 is 34.8 Å². The maximum absolute atomic E-state index is 12.2. The van der Waals surface area contributed by atoms with Crippen molar-refractivity contribution in [1.29, 1.82) is 0 Å². The molecule has 1 aromatic heterocycles. The fourth-order valence-electron chi connectivity index (χ4n) is 1.68.